The van der Waals surface area contributed by atoms with Gasteiger partial charge in [-0.25, -0.2) is 9.36 Å². The largest absolute Gasteiger partial charge is 0.315 e. The van der Waals surface area contributed by atoms with E-state index in [9.17, 15) is 5.26 Å². The molecule has 4 heterocycles. The first-order valence-electron chi connectivity index (χ1n) is 10.5. The van der Waals surface area contributed by atoms with Crippen LogP contribution in [0.5, 0.6) is 0 Å². The summed E-state index contributed by atoms with van der Waals surface area (Å²) in [4.78, 5) is 5.39. The van der Waals surface area contributed by atoms with Crippen LogP contribution in [0.15, 0.2) is 58.7 Å². The van der Waals surface area contributed by atoms with Crippen molar-refractivity contribution in [1.82, 2.24) is 24.7 Å². The van der Waals surface area contributed by atoms with Gasteiger partial charge in [-0.05, 0) is 32.4 Å². The Bertz CT molecular complexity index is 1380. The Balaban J connectivity index is 1.62. The molecule has 4 aromatic rings. The number of rotatable bonds is 4. The summed E-state index contributed by atoms with van der Waals surface area (Å²) in [5.74, 6) is 0. The van der Waals surface area contributed by atoms with Gasteiger partial charge in [-0.15, -0.1) is 0 Å². The molecule has 0 amide bonds. The Morgan fingerprint density at radius 2 is 2.12 bits per heavy atom. The molecule has 7 nitrogen and oxygen atoms in total. The predicted molar refractivity (Wildman–Crippen MR) is 124 cm³/mol. The summed E-state index contributed by atoms with van der Waals surface area (Å²) < 4.78 is 3.88. The van der Waals surface area contributed by atoms with Crippen LogP contribution in [0.4, 0.5) is 5.69 Å². The highest BCUT2D eigenvalue weighted by atomic mass is 32.2. The van der Waals surface area contributed by atoms with Crippen molar-refractivity contribution < 1.29 is 0 Å². The monoisotopic (exact) mass is 439 g/mol. The van der Waals surface area contributed by atoms with Crippen molar-refractivity contribution >= 4 is 23.0 Å². The Kier molecular flexibility index (Phi) is 5.40. The normalized spacial score (nSPS) is 16.0. The number of fused-ring (bicyclic) bond motifs is 1. The van der Waals surface area contributed by atoms with Crippen LogP contribution < -0.4 is 5.32 Å². The predicted octanol–water partition coefficient (Wildman–Crippen LogP) is 5.00. The molecule has 5 rings (SSSR count). The van der Waals surface area contributed by atoms with Crippen molar-refractivity contribution in [3.05, 3.63) is 71.6 Å². The molecule has 0 unspecified atom stereocenters. The van der Waals surface area contributed by atoms with Gasteiger partial charge in [0.2, 0.25) is 5.69 Å². The van der Waals surface area contributed by atoms with Crippen molar-refractivity contribution in [2.24, 2.45) is 0 Å². The standard InChI is InChI=1S/C24H21N7S/c1-16-20(14-29-31(16)19-6-5-9-27-13-19)17-10-23(24-18(11-25)12-28-30(24)15-17)32-22-8-4-3-7-21(22)26-2/h3-4,7-8,10,12,14-15,19,27H,5-6,9,13H2,1H3/t19-/m0/s1. The van der Waals surface area contributed by atoms with E-state index >= 15 is 0 Å². The zero-order valence-corrected chi connectivity index (χ0v) is 18.4. The second-order valence-corrected chi connectivity index (χ2v) is 8.91. The van der Waals surface area contributed by atoms with Crippen LogP contribution in [0.25, 0.3) is 21.5 Å². The minimum absolute atomic E-state index is 0.357. The van der Waals surface area contributed by atoms with E-state index in [1.807, 2.05) is 36.7 Å². The molecule has 0 bridgehead atoms. The molecule has 32 heavy (non-hydrogen) atoms. The summed E-state index contributed by atoms with van der Waals surface area (Å²) in [5, 5.41) is 22.2. The molecule has 0 spiro atoms. The van der Waals surface area contributed by atoms with Gasteiger partial charge in [-0.3, -0.25) is 4.68 Å². The number of hydrogen-bond donors (Lipinski definition) is 1. The lowest BCUT2D eigenvalue weighted by atomic mass is 10.1. The molecule has 0 saturated carbocycles. The van der Waals surface area contributed by atoms with Crippen LogP contribution in [0.2, 0.25) is 0 Å². The number of benzene rings is 1. The average molecular weight is 440 g/mol. The van der Waals surface area contributed by atoms with Gasteiger partial charge in [-0.2, -0.15) is 15.5 Å². The van der Waals surface area contributed by atoms with Gasteiger partial charge in [0.05, 0.1) is 36.1 Å². The Morgan fingerprint density at radius 1 is 1.25 bits per heavy atom. The Labute approximate surface area is 190 Å². The van der Waals surface area contributed by atoms with E-state index in [1.54, 1.807) is 10.7 Å². The SMILES string of the molecule is [C-]#[N+]c1ccccc1Sc1cc(-c2cnn([C@H]3CCCNC3)c2C)cn2ncc(C#N)c12. The molecule has 1 aliphatic heterocycles. The van der Waals surface area contributed by atoms with Gasteiger partial charge in [-0.1, -0.05) is 36.0 Å². The number of pyridine rings is 1. The fourth-order valence-corrected chi connectivity index (χ4v) is 5.35. The molecular formula is C24H21N7S. The van der Waals surface area contributed by atoms with E-state index in [2.05, 4.69) is 39.0 Å². The maximum absolute atomic E-state index is 9.61. The lowest BCUT2D eigenvalue weighted by molar-refractivity contribution is 0.342. The number of nitrogens with zero attached hydrogens (tertiary/aromatic N) is 6. The number of piperidine rings is 1. The number of para-hydroxylation sites is 1. The first-order valence-corrected chi connectivity index (χ1v) is 11.3. The summed E-state index contributed by atoms with van der Waals surface area (Å²) in [7, 11) is 0. The van der Waals surface area contributed by atoms with Gasteiger partial charge in [0.1, 0.15) is 6.07 Å². The molecule has 1 fully saturated rings. The molecule has 0 radical (unpaired) electrons. The molecule has 1 aliphatic rings. The molecule has 1 atom stereocenters. The van der Waals surface area contributed by atoms with Crippen LogP contribution in [0.1, 0.15) is 30.1 Å². The van der Waals surface area contributed by atoms with Crippen LogP contribution in [-0.4, -0.2) is 32.5 Å². The van der Waals surface area contributed by atoms with Crippen LogP contribution in [-0.2, 0) is 0 Å². The third-order valence-corrected chi connectivity index (χ3v) is 6.97. The summed E-state index contributed by atoms with van der Waals surface area (Å²) in [5.41, 5.74) is 5.01. The van der Waals surface area contributed by atoms with E-state index in [0.29, 0.717) is 17.3 Å². The summed E-state index contributed by atoms with van der Waals surface area (Å²) in [6, 6.07) is 12.2. The van der Waals surface area contributed by atoms with E-state index in [4.69, 9.17) is 11.7 Å². The van der Waals surface area contributed by atoms with Crippen molar-refractivity contribution in [3.63, 3.8) is 0 Å². The summed E-state index contributed by atoms with van der Waals surface area (Å²) >= 11 is 1.49. The van der Waals surface area contributed by atoms with Gasteiger partial charge in [0.25, 0.3) is 0 Å². The van der Waals surface area contributed by atoms with E-state index in [1.165, 1.54) is 11.8 Å². The summed E-state index contributed by atoms with van der Waals surface area (Å²) in [6.07, 6.45) is 7.73. The van der Waals surface area contributed by atoms with Crippen LogP contribution in [0, 0.1) is 24.8 Å². The molecule has 8 heteroatoms. The van der Waals surface area contributed by atoms with Crippen molar-refractivity contribution in [1.29, 1.82) is 5.26 Å². The second-order valence-electron chi connectivity index (χ2n) is 7.83. The third-order valence-electron chi connectivity index (χ3n) is 5.88. The minimum atomic E-state index is 0.357. The molecule has 1 aromatic carbocycles. The molecule has 0 aliphatic carbocycles. The highest BCUT2D eigenvalue weighted by Gasteiger charge is 2.21. The molecule has 158 valence electrons. The molecule has 1 N–H and O–H groups in total. The minimum Gasteiger partial charge on any atom is -0.315 e. The van der Waals surface area contributed by atoms with Gasteiger partial charge in [0.15, 0.2) is 0 Å². The lowest BCUT2D eigenvalue weighted by Gasteiger charge is -2.24. The average Bonchev–Trinajstić information content (AvgIpc) is 3.43. The first kappa shape index (κ1) is 20.3. The van der Waals surface area contributed by atoms with Crippen LogP contribution in [0.3, 0.4) is 0 Å². The maximum atomic E-state index is 9.61. The van der Waals surface area contributed by atoms with Crippen LogP contribution >= 0.6 is 11.8 Å². The fourth-order valence-electron chi connectivity index (χ4n) is 4.26. The van der Waals surface area contributed by atoms with Gasteiger partial charge >= 0.3 is 0 Å². The third kappa shape index (κ3) is 3.54. The first-order chi connectivity index (χ1) is 15.7. The van der Waals surface area contributed by atoms with E-state index < -0.39 is 0 Å². The van der Waals surface area contributed by atoms with Crippen molar-refractivity contribution in [2.45, 2.75) is 35.6 Å². The zero-order valence-electron chi connectivity index (χ0n) is 17.6. The number of hydrogen-bond acceptors (Lipinski definition) is 5. The van der Waals surface area contributed by atoms with Gasteiger partial charge < -0.3 is 5.32 Å². The second kappa shape index (κ2) is 8.51. The highest BCUT2D eigenvalue weighted by molar-refractivity contribution is 7.99. The quantitative estimate of drug-likeness (QED) is 0.453. The van der Waals surface area contributed by atoms with E-state index in [-0.39, 0.29) is 0 Å². The lowest BCUT2D eigenvalue weighted by Crippen LogP contribution is -2.32. The topological polar surface area (TPSA) is 75.3 Å². The molecule has 1 saturated heterocycles. The Morgan fingerprint density at radius 3 is 2.91 bits per heavy atom. The van der Waals surface area contributed by atoms with Crippen molar-refractivity contribution in [2.75, 3.05) is 13.1 Å². The van der Waals surface area contributed by atoms with Crippen molar-refractivity contribution in [3.8, 4) is 17.2 Å². The summed E-state index contributed by atoms with van der Waals surface area (Å²) in [6.45, 7) is 11.6. The highest BCUT2D eigenvalue weighted by Crippen LogP contribution is 2.40. The number of nitrogens with one attached hydrogen (secondary N) is 1. The van der Waals surface area contributed by atoms with Gasteiger partial charge in [0, 0.05) is 39.4 Å². The number of aromatic nitrogens is 4. The van der Waals surface area contributed by atoms with E-state index in [0.717, 1.165) is 58.1 Å². The number of nitriles is 1. The maximum Gasteiger partial charge on any atom is 0.200 e. The molecular weight excluding hydrogens is 418 g/mol. The Hall–Kier alpha value is -3.59. The zero-order chi connectivity index (χ0) is 22.1. The molecule has 3 aromatic heterocycles. The smallest absolute Gasteiger partial charge is 0.200 e. The fraction of sp³-hybridized carbons (Fsp3) is 0.250.